The van der Waals surface area contributed by atoms with Crippen LogP contribution in [0.4, 0.5) is 13.2 Å². The molecule has 0 aliphatic rings. The molecule has 0 fully saturated rings. The number of nitrogens with zero attached hydrogens (tertiary/aromatic N) is 2. The molecule has 0 radical (unpaired) electrons. The standard InChI is InChI=1S/C13H11F3N2O5S/c1-2-22-12(19)10-8-18(9-6-4-3-5-7-9)17-11(10)23-24(20,21)13(14,15)16/h3-8H,2H2,1H3. The second kappa shape index (κ2) is 6.51. The van der Waals surface area contributed by atoms with Gasteiger partial charge >= 0.3 is 21.6 Å². The molecule has 0 spiro atoms. The minimum absolute atomic E-state index is 0.0686. The minimum atomic E-state index is -5.97. The van der Waals surface area contributed by atoms with Gasteiger partial charge in [-0.1, -0.05) is 18.2 Å². The summed E-state index contributed by atoms with van der Waals surface area (Å²) in [6.07, 6.45) is 1.02. The SMILES string of the molecule is CCOC(=O)c1cn(-c2ccccc2)nc1OS(=O)(=O)C(F)(F)F. The average molecular weight is 364 g/mol. The molecule has 0 saturated carbocycles. The van der Waals surface area contributed by atoms with Gasteiger partial charge in [-0.15, -0.1) is 5.10 Å². The van der Waals surface area contributed by atoms with E-state index in [1.54, 1.807) is 30.3 Å². The van der Waals surface area contributed by atoms with Crippen LogP contribution in [-0.4, -0.2) is 36.3 Å². The molecule has 0 atom stereocenters. The molecule has 0 unspecified atom stereocenters. The topological polar surface area (TPSA) is 87.5 Å². The molecule has 24 heavy (non-hydrogen) atoms. The van der Waals surface area contributed by atoms with Crippen molar-refractivity contribution in [3.05, 3.63) is 42.1 Å². The number of aromatic nitrogens is 2. The van der Waals surface area contributed by atoms with E-state index in [0.29, 0.717) is 5.69 Å². The Bertz CT molecular complexity index is 831. The highest BCUT2D eigenvalue weighted by Gasteiger charge is 2.49. The lowest BCUT2D eigenvalue weighted by atomic mass is 10.3. The number of para-hydroxylation sites is 1. The Morgan fingerprint density at radius 3 is 2.42 bits per heavy atom. The Morgan fingerprint density at radius 1 is 1.25 bits per heavy atom. The van der Waals surface area contributed by atoms with Crippen LogP contribution in [0, 0.1) is 0 Å². The molecule has 2 aromatic rings. The van der Waals surface area contributed by atoms with Crippen molar-refractivity contribution in [3.8, 4) is 11.6 Å². The second-order valence-electron chi connectivity index (χ2n) is 4.33. The third kappa shape index (κ3) is 3.67. The number of ether oxygens (including phenoxy) is 1. The summed E-state index contributed by atoms with van der Waals surface area (Å²) in [5.41, 5.74) is -5.83. The number of hydrogen-bond acceptors (Lipinski definition) is 6. The maximum absolute atomic E-state index is 12.5. The number of alkyl halides is 3. The number of benzene rings is 1. The molecule has 1 aromatic carbocycles. The maximum Gasteiger partial charge on any atom is 0.534 e. The summed E-state index contributed by atoms with van der Waals surface area (Å²) in [6, 6.07) is 8.01. The first-order valence-electron chi connectivity index (χ1n) is 6.48. The zero-order chi connectivity index (χ0) is 18.0. The van der Waals surface area contributed by atoms with Gasteiger partial charge in [-0.2, -0.15) is 21.6 Å². The Balaban J connectivity index is 2.49. The van der Waals surface area contributed by atoms with Gasteiger partial charge in [0, 0.05) is 6.20 Å². The summed E-state index contributed by atoms with van der Waals surface area (Å²) in [6.45, 7) is 1.41. The van der Waals surface area contributed by atoms with Crippen molar-refractivity contribution in [3.63, 3.8) is 0 Å². The van der Waals surface area contributed by atoms with Crippen molar-refractivity contribution in [1.82, 2.24) is 9.78 Å². The lowest BCUT2D eigenvalue weighted by molar-refractivity contribution is -0.0502. The number of carbonyl (C=O) groups excluding carboxylic acids is 1. The van der Waals surface area contributed by atoms with E-state index in [1.807, 2.05) is 0 Å². The first-order valence-corrected chi connectivity index (χ1v) is 7.89. The fourth-order valence-electron chi connectivity index (χ4n) is 1.63. The molecule has 0 saturated heterocycles. The highest BCUT2D eigenvalue weighted by molar-refractivity contribution is 7.87. The van der Waals surface area contributed by atoms with Crippen molar-refractivity contribution in [2.45, 2.75) is 12.4 Å². The van der Waals surface area contributed by atoms with Gasteiger partial charge in [0.2, 0.25) is 0 Å². The van der Waals surface area contributed by atoms with Crippen LogP contribution in [0.25, 0.3) is 5.69 Å². The Kier molecular flexibility index (Phi) is 4.83. The number of rotatable bonds is 5. The molecule has 0 amide bonds. The van der Waals surface area contributed by atoms with Gasteiger partial charge in [0.1, 0.15) is 5.56 Å². The molecule has 130 valence electrons. The van der Waals surface area contributed by atoms with Gasteiger partial charge in [0.05, 0.1) is 12.3 Å². The van der Waals surface area contributed by atoms with E-state index >= 15 is 0 Å². The fraction of sp³-hybridized carbons (Fsp3) is 0.231. The summed E-state index contributed by atoms with van der Waals surface area (Å²) in [5, 5.41) is 3.60. The van der Waals surface area contributed by atoms with E-state index in [0.717, 1.165) is 10.9 Å². The summed E-state index contributed by atoms with van der Waals surface area (Å²) in [7, 11) is -5.97. The van der Waals surface area contributed by atoms with E-state index in [4.69, 9.17) is 0 Å². The van der Waals surface area contributed by atoms with Crippen LogP contribution in [0.15, 0.2) is 36.5 Å². The molecule has 0 aliphatic heterocycles. The van der Waals surface area contributed by atoms with Crippen molar-refractivity contribution in [2.75, 3.05) is 6.61 Å². The van der Waals surface area contributed by atoms with Crippen LogP contribution < -0.4 is 4.18 Å². The molecule has 7 nitrogen and oxygen atoms in total. The van der Waals surface area contributed by atoms with Crippen molar-refractivity contribution < 1.29 is 35.3 Å². The van der Waals surface area contributed by atoms with Gasteiger partial charge in [-0.05, 0) is 19.1 Å². The van der Waals surface area contributed by atoms with Gasteiger partial charge in [-0.3, -0.25) is 0 Å². The molecular formula is C13H11F3N2O5S. The number of carbonyl (C=O) groups is 1. The van der Waals surface area contributed by atoms with E-state index in [2.05, 4.69) is 14.0 Å². The van der Waals surface area contributed by atoms with Crippen LogP contribution >= 0.6 is 0 Å². The van der Waals surface area contributed by atoms with E-state index < -0.39 is 33.0 Å². The molecule has 11 heteroatoms. The number of hydrogen-bond donors (Lipinski definition) is 0. The van der Waals surface area contributed by atoms with Gasteiger partial charge in [-0.25, -0.2) is 9.48 Å². The first-order chi connectivity index (χ1) is 11.2. The Labute approximate surface area is 134 Å². The van der Waals surface area contributed by atoms with E-state index in [9.17, 15) is 26.4 Å². The van der Waals surface area contributed by atoms with Gasteiger partial charge in [0.15, 0.2) is 0 Å². The zero-order valence-corrected chi connectivity index (χ0v) is 13.0. The van der Waals surface area contributed by atoms with Crippen LogP contribution in [0.5, 0.6) is 5.88 Å². The fourth-order valence-corrected chi connectivity index (χ4v) is 2.06. The normalized spacial score (nSPS) is 12.0. The summed E-state index contributed by atoms with van der Waals surface area (Å²) in [4.78, 5) is 11.8. The third-order valence-corrected chi connectivity index (χ3v) is 3.61. The first kappa shape index (κ1) is 17.8. The quantitative estimate of drug-likeness (QED) is 0.460. The molecular weight excluding hydrogens is 353 g/mol. The van der Waals surface area contributed by atoms with E-state index in [1.165, 1.54) is 6.92 Å². The average Bonchev–Trinajstić information content (AvgIpc) is 2.90. The second-order valence-corrected chi connectivity index (χ2v) is 5.87. The van der Waals surface area contributed by atoms with Crippen LogP contribution in [0.3, 0.4) is 0 Å². The smallest absolute Gasteiger partial charge is 0.462 e. The molecule has 0 aliphatic carbocycles. The summed E-state index contributed by atoms with van der Waals surface area (Å²) in [5.74, 6) is -2.08. The van der Waals surface area contributed by atoms with Crippen molar-refractivity contribution in [1.29, 1.82) is 0 Å². The van der Waals surface area contributed by atoms with E-state index in [-0.39, 0.29) is 6.61 Å². The van der Waals surface area contributed by atoms with Gasteiger partial charge in [0.25, 0.3) is 5.88 Å². The molecule has 0 bridgehead atoms. The monoisotopic (exact) mass is 364 g/mol. The summed E-state index contributed by atoms with van der Waals surface area (Å²) < 4.78 is 69.4. The predicted molar refractivity (Wildman–Crippen MR) is 75.1 cm³/mol. The van der Waals surface area contributed by atoms with Crippen molar-refractivity contribution in [2.24, 2.45) is 0 Å². The highest BCUT2D eigenvalue weighted by atomic mass is 32.2. The largest absolute Gasteiger partial charge is 0.534 e. The lowest BCUT2D eigenvalue weighted by Crippen LogP contribution is -2.28. The molecule has 2 rings (SSSR count). The molecule has 1 heterocycles. The van der Waals surface area contributed by atoms with Crippen LogP contribution in [0.1, 0.15) is 17.3 Å². The number of halogens is 3. The van der Waals surface area contributed by atoms with Crippen LogP contribution in [-0.2, 0) is 14.9 Å². The van der Waals surface area contributed by atoms with Gasteiger partial charge < -0.3 is 8.92 Å². The zero-order valence-electron chi connectivity index (χ0n) is 12.1. The van der Waals surface area contributed by atoms with Crippen LogP contribution in [0.2, 0.25) is 0 Å². The Hall–Kier alpha value is -2.56. The van der Waals surface area contributed by atoms with Crippen molar-refractivity contribution >= 4 is 16.1 Å². The number of esters is 1. The highest BCUT2D eigenvalue weighted by Crippen LogP contribution is 2.29. The minimum Gasteiger partial charge on any atom is -0.462 e. The molecule has 0 N–H and O–H groups in total. The summed E-state index contributed by atoms with van der Waals surface area (Å²) >= 11 is 0. The maximum atomic E-state index is 12.5. The third-order valence-electron chi connectivity index (χ3n) is 2.67. The predicted octanol–water partition coefficient (Wildman–Crippen LogP) is 2.28. The molecule has 1 aromatic heterocycles. The Morgan fingerprint density at radius 2 is 1.88 bits per heavy atom. The lowest BCUT2D eigenvalue weighted by Gasteiger charge is -2.08.